The summed E-state index contributed by atoms with van der Waals surface area (Å²) in [7, 11) is 0. The van der Waals surface area contributed by atoms with E-state index in [0.717, 1.165) is 10.0 Å². The van der Waals surface area contributed by atoms with Gasteiger partial charge in [-0.2, -0.15) is 0 Å². The minimum atomic E-state index is -1.01. The molecular weight excluding hydrogens is 286 g/mol. The van der Waals surface area contributed by atoms with Gasteiger partial charge in [0.05, 0.1) is 18.8 Å². The lowest BCUT2D eigenvalue weighted by atomic mass is 10.0. The molecule has 0 saturated carbocycles. The Morgan fingerprint density at radius 1 is 1.35 bits per heavy atom. The second-order valence-corrected chi connectivity index (χ2v) is 5.26. The van der Waals surface area contributed by atoms with E-state index in [2.05, 4.69) is 21.2 Å². The summed E-state index contributed by atoms with van der Waals surface area (Å²) in [6, 6.07) is 5.33. The maximum atomic E-state index is 11.9. The number of carbonyl (C=O) groups excluding carboxylic acids is 1. The quantitative estimate of drug-likeness (QED) is 0.783. The SMILES string of the molecule is Cc1cc(Br)cc(C(=O)NC(C)(CO)CO)c1. The molecular formula is C12H16BrNO3. The second kappa shape index (κ2) is 5.62. The Morgan fingerprint density at radius 3 is 2.41 bits per heavy atom. The Hall–Kier alpha value is -0.910. The van der Waals surface area contributed by atoms with Crippen LogP contribution < -0.4 is 5.32 Å². The van der Waals surface area contributed by atoms with Crippen LogP contribution in [0.1, 0.15) is 22.8 Å². The molecule has 0 aliphatic heterocycles. The number of benzene rings is 1. The molecule has 0 radical (unpaired) electrons. The molecule has 0 aromatic heterocycles. The van der Waals surface area contributed by atoms with Gasteiger partial charge in [0.25, 0.3) is 5.91 Å². The van der Waals surface area contributed by atoms with Gasteiger partial charge in [-0.1, -0.05) is 15.9 Å². The zero-order chi connectivity index (χ0) is 13.1. The van der Waals surface area contributed by atoms with Crippen molar-refractivity contribution in [3.05, 3.63) is 33.8 Å². The number of carbonyl (C=O) groups is 1. The van der Waals surface area contributed by atoms with E-state index in [9.17, 15) is 4.79 Å². The van der Waals surface area contributed by atoms with Crippen LogP contribution >= 0.6 is 15.9 Å². The third-order valence-electron chi connectivity index (χ3n) is 2.42. The molecule has 1 amide bonds. The largest absolute Gasteiger partial charge is 0.394 e. The minimum absolute atomic E-state index is 0.317. The maximum Gasteiger partial charge on any atom is 0.251 e. The lowest BCUT2D eigenvalue weighted by molar-refractivity contribution is 0.0723. The average molecular weight is 302 g/mol. The minimum Gasteiger partial charge on any atom is -0.394 e. The fraction of sp³-hybridized carbons (Fsp3) is 0.417. The lowest BCUT2D eigenvalue weighted by Crippen LogP contribution is -2.51. The molecule has 0 aliphatic rings. The zero-order valence-corrected chi connectivity index (χ0v) is 11.4. The van der Waals surface area contributed by atoms with Crippen molar-refractivity contribution in [2.24, 2.45) is 0 Å². The molecule has 0 fully saturated rings. The van der Waals surface area contributed by atoms with Gasteiger partial charge in [0.1, 0.15) is 0 Å². The summed E-state index contributed by atoms with van der Waals surface area (Å²) in [6.07, 6.45) is 0. The first-order valence-corrected chi connectivity index (χ1v) is 6.01. The van der Waals surface area contributed by atoms with Crippen molar-refractivity contribution in [2.45, 2.75) is 19.4 Å². The van der Waals surface area contributed by atoms with Gasteiger partial charge in [0.2, 0.25) is 0 Å². The van der Waals surface area contributed by atoms with Crippen LogP contribution in [0.5, 0.6) is 0 Å². The fourth-order valence-corrected chi connectivity index (χ4v) is 1.95. The maximum absolute atomic E-state index is 11.9. The van der Waals surface area contributed by atoms with E-state index in [1.54, 1.807) is 19.1 Å². The van der Waals surface area contributed by atoms with Gasteiger partial charge in [-0.25, -0.2) is 0 Å². The topological polar surface area (TPSA) is 69.6 Å². The van der Waals surface area contributed by atoms with E-state index in [-0.39, 0.29) is 19.1 Å². The smallest absolute Gasteiger partial charge is 0.251 e. The highest BCUT2D eigenvalue weighted by molar-refractivity contribution is 9.10. The van der Waals surface area contributed by atoms with Crippen molar-refractivity contribution >= 4 is 21.8 Å². The Bertz CT molecular complexity index is 396. The summed E-state index contributed by atoms with van der Waals surface area (Å²) < 4.78 is 0.817. The van der Waals surface area contributed by atoms with Crippen molar-refractivity contribution in [2.75, 3.05) is 13.2 Å². The van der Waals surface area contributed by atoms with E-state index >= 15 is 0 Å². The van der Waals surface area contributed by atoms with Crippen LogP contribution in [-0.4, -0.2) is 34.9 Å². The number of rotatable bonds is 4. The average Bonchev–Trinajstić information content (AvgIpc) is 2.27. The molecule has 0 aliphatic carbocycles. The van der Waals surface area contributed by atoms with E-state index in [0.29, 0.717) is 5.56 Å². The van der Waals surface area contributed by atoms with Crippen molar-refractivity contribution in [3.8, 4) is 0 Å². The molecule has 94 valence electrons. The normalized spacial score (nSPS) is 11.4. The van der Waals surface area contributed by atoms with Crippen LogP contribution in [0.2, 0.25) is 0 Å². The molecule has 0 heterocycles. The van der Waals surface area contributed by atoms with E-state index in [1.807, 2.05) is 13.0 Å². The third-order valence-corrected chi connectivity index (χ3v) is 2.88. The predicted molar refractivity (Wildman–Crippen MR) is 68.9 cm³/mol. The monoisotopic (exact) mass is 301 g/mol. The third kappa shape index (κ3) is 3.80. The number of hydrogen-bond acceptors (Lipinski definition) is 3. The first-order valence-electron chi connectivity index (χ1n) is 5.21. The van der Waals surface area contributed by atoms with Crippen LogP contribution in [0, 0.1) is 6.92 Å². The zero-order valence-electron chi connectivity index (χ0n) is 9.83. The van der Waals surface area contributed by atoms with Crippen LogP contribution in [0.4, 0.5) is 0 Å². The molecule has 1 rings (SSSR count). The number of amides is 1. The summed E-state index contributed by atoms with van der Waals surface area (Å²) in [4.78, 5) is 11.9. The van der Waals surface area contributed by atoms with Gasteiger partial charge in [-0.15, -0.1) is 0 Å². The number of halogens is 1. The predicted octanol–water partition coefficient (Wildman–Crippen LogP) is 1.23. The van der Waals surface area contributed by atoms with Crippen LogP contribution in [0.25, 0.3) is 0 Å². The van der Waals surface area contributed by atoms with Crippen LogP contribution in [-0.2, 0) is 0 Å². The summed E-state index contributed by atoms with van der Waals surface area (Å²) in [6.45, 7) is 2.83. The fourth-order valence-electron chi connectivity index (χ4n) is 1.34. The van der Waals surface area contributed by atoms with Crippen molar-refractivity contribution in [1.29, 1.82) is 0 Å². The summed E-state index contributed by atoms with van der Waals surface area (Å²) >= 11 is 3.32. The highest BCUT2D eigenvalue weighted by atomic mass is 79.9. The molecule has 0 saturated heterocycles. The molecule has 4 nitrogen and oxygen atoms in total. The Balaban J connectivity index is 2.90. The summed E-state index contributed by atoms with van der Waals surface area (Å²) in [5.41, 5.74) is 0.442. The first-order chi connectivity index (χ1) is 7.90. The van der Waals surface area contributed by atoms with Crippen LogP contribution in [0.3, 0.4) is 0 Å². The molecule has 1 aromatic rings. The molecule has 0 unspecified atom stereocenters. The molecule has 0 bridgehead atoms. The standard InChI is InChI=1S/C12H16BrNO3/c1-8-3-9(5-10(13)4-8)11(17)14-12(2,6-15)7-16/h3-5,15-16H,6-7H2,1-2H3,(H,14,17). The van der Waals surface area contributed by atoms with Gasteiger partial charge in [-0.3, -0.25) is 4.79 Å². The van der Waals surface area contributed by atoms with E-state index < -0.39 is 5.54 Å². The Labute approximate surface area is 109 Å². The number of hydrogen-bond donors (Lipinski definition) is 3. The molecule has 0 spiro atoms. The molecule has 0 atom stereocenters. The van der Waals surface area contributed by atoms with Gasteiger partial charge in [0, 0.05) is 10.0 Å². The van der Waals surface area contributed by atoms with Gasteiger partial charge in [0.15, 0.2) is 0 Å². The molecule has 3 N–H and O–H groups in total. The van der Waals surface area contributed by atoms with Crippen LogP contribution in [0.15, 0.2) is 22.7 Å². The Morgan fingerprint density at radius 2 is 1.94 bits per heavy atom. The van der Waals surface area contributed by atoms with Gasteiger partial charge >= 0.3 is 0 Å². The van der Waals surface area contributed by atoms with E-state index in [1.165, 1.54) is 0 Å². The van der Waals surface area contributed by atoms with Crippen molar-refractivity contribution in [1.82, 2.24) is 5.32 Å². The van der Waals surface area contributed by atoms with Gasteiger partial charge in [-0.05, 0) is 37.6 Å². The summed E-state index contributed by atoms with van der Waals surface area (Å²) in [5, 5.41) is 20.8. The molecule has 17 heavy (non-hydrogen) atoms. The Kier molecular flexibility index (Phi) is 4.68. The molecule has 1 aromatic carbocycles. The van der Waals surface area contributed by atoms with E-state index in [4.69, 9.17) is 10.2 Å². The highest BCUT2D eigenvalue weighted by Gasteiger charge is 2.25. The summed E-state index contributed by atoms with van der Waals surface area (Å²) in [5.74, 6) is -0.319. The van der Waals surface area contributed by atoms with Crippen molar-refractivity contribution < 1.29 is 15.0 Å². The van der Waals surface area contributed by atoms with Gasteiger partial charge < -0.3 is 15.5 Å². The number of aliphatic hydroxyl groups is 2. The number of aryl methyl sites for hydroxylation is 1. The number of nitrogens with one attached hydrogen (secondary N) is 1. The highest BCUT2D eigenvalue weighted by Crippen LogP contribution is 2.16. The molecule has 5 heteroatoms. The number of aliphatic hydroxyl groups excluding tert-OH is 2. The second-order valence-electron chi connectivity index (χ2n) is 4.35. The first kappa shape index (κ1) is 14.2. The van der Waals surface area contributed by atoms with Crippen molar-refractivity contribution in [3.63, 3.8) is 0 Å². The lowest BCUT2D eigenvalue weighted by Gasteiger charge is -2.26.